The highest BCUT2D eigenvalue weighted by Gasteiger charge is 2.15. The molecule has 130 valence electrons. The Labute approximate surface area is 143 Å². The average Bonchev–Trinajstić information content (AvgIpc) is 2.63. The maximum absolute atomic E-state index is 12.5. The van der Waals surface area contributed by atoms with Crippen molar-refractivity contribution in [3.05, 3.63) is 57.4 Å². The Bertz CT molecular complexity index is 1010. The lowest BCUT2D eigenvalue weighted by Crippen LogP contribution is -2.31. The van der Waals surface area contributed by atoms with Crippen molar-refractivity contribution in [2.24, 2.45) is 0 Å². The number of nitrogens with zero attached hydrogens (tertiary/aromatic N) is 2. The van der Waals surface area contributed by atoms with E-state index < -0.39 is 11.2 Å². The van der Waals surface area contributed by atoms with Gasteiger partial charge in [-0.05, 0) is 18.6 Å². The molecule has 3 aromatic rings. The number of rotatable bonds is 6. The number of hydrogen-bond donors (Lipinski definition) is 1. The number of pyridine rings is 1. The van der Waals surface area contributed by atoms with Gasteiger partial charge in [0.25, 0.3) is 5.56 Å². The summed E-state index contributed by atoms with van der Waals surface area (Å²) >= 11 is 0. The highest BCUT2D eigenvalue weighted by atomic mass is 16.5. The predicted octanol–water partition coefficient (Wildman–Crippen LogP) is 1.80. The number of H-pyrrole nitrogens is 1. The van der Waals surface area contributed by atoms with Crippen LogP contribution in [-0.4, -0.2) is 35.4 Å². The van der Waals surface area contributed by atoms with Crippen molar-refractivity contribution in [1.82, 2.24) is 14.5 Å². The Kier molecular flexibility index (Phi) is 4.95. The number of aryl methyl sites for hydroxylation is 1. The van der Waals surface area contributed by atoms with Crippen molar-refractivity contribution in [2.75, 3.05) is 20.8 Å². The van der Waals surface area contributed by atoms with Crippen LogP contribution in [0.3, 0.4) is 0 Å². The maximum Gasteiger partial charge on any atom is 0.329 e. The molecule has 0 fully saturated rings. The minimum absolute atomic E-state index is 0.355. The van der Waals surface area contributed by atoms with Crippen molar-refractivity contribution >= 4 is 11.0 Å². The van der Waals surface area contributed by atoms with E-state index in [-0.39, 0.29) is 0 Å². The third-order valence-corrected chi connectivity index (χ3v) is 4.01. The number of nitrogens with one attached hydrogen (secondary N) is 1. The largest absolute Gasteiger partial charge is 0.496 e. The van der Waals surface area contributed by atoms with Crippen LogP contribution in [0.25, 0.3) is 22.2 Å². The number of aromatic nitrogens is 3. The average molecular weight is 341 g/mol. The molecule has 1 N–H and O–H groups in total. The molecule has 0 radical (unpaired) electrons. The molecule has 7 heteroatoms. The van der Waals surface area contributed by atoms with E-state index >= 15 is 0 Å². The molecular weight excluding hydrogens is 322 g/mol. The van der Waals surface area contributed by atoms with E-state index in [9.17, 15) is 9.59 Å². The van der Waals surface area contributed by atoms with Gasteiger partial charge in [0, 0.05) is 37.6 Å². The van der Waals surface area contributed by atoms with Gasteiger partial charge >= 0.3 is 5.69 Å². The van der Waals surface area contributed by atoms with E-state index in [1.165, 1.54) is 4.57 Å². The van der Waals surface area contributed by atoms with Crippen LogP contribution < -0.4 is 16.0 Å². The van der Waals surface area contributed by atoms with Crippen LogP contribution in [0.15, 0.2) is 46.1 Å². The van der Waals surface area contributed by atoms with Gasteiger partial charge in [-0.25, -0.2) is 9.78 Å². The van der Waals surface area contributed by atoms with Crippen LogP contribution in [0.1, 0.15) is 6.42 Å². The number of methoxy groups -OCH3 is 2. The van der Waals surface area contributed by atoms with Gasteiger partial charge in [0.2, 0.25) is 0 Å². The standard InChI is InChI=1S/C18H19N3O4/c1-24-11-5-10-21-16-15(17(22)20-18(21)23)13(8-9-19-16)12-6-3-4-7-14(12)25-2/h3-4,6-9H,5,10-11H2,1-2H3,(H,20,22,23). The molecule has 0 unspecified atom stereocenters. The first kappa shape index (κ1) is 16.9. The first-order chi connectivity index (χ1) is 12.2. The molecule has 0 saturated carbocycles. The molecule has 0 aliphatic heterocycles. The molecule has 0 aliphatic carbocycles. The molecule has 1 aromatic carbocycles. The van der Waals surface area contributed by atoms with Gasteiger partial charge in [0.15, 0.2) is 0 Å². The van der Waals surface area contributed by atoms with E-state index in [2.05, 4.69) is 9.97 Å². The summed E-state index contributed by atoms with van der Waals surface area (Å²) in [6.07, 6.45) is 2.23. The lowest BCUT2D eigenvalue weighted by Gasteiger charge is -2.13. The SMILES string of the molecule is COCCCn1c(=O)[nH]c(=O)c2c(-c3ccccc3OC)ccnc21. The Morgan fingerprint density at radius 1 is 1.12 bits per heavy atom. The molecular formula is C18H19N3O4. The summed E-state index contributed by atoms with van der Waals surface area (Å²) in [5, 5.41) is 0.365. The highest BCUT2D eigenvalue weighted by Crippen LogP contribution is 2.32. The van der Waals surface area contributed by atoms with Crippen LogP contribution in [0.4, 0.5) is 0 Å². The monoisotopic (exact) mass is 341 g/mol. The Hall–Kier alpha value is -2.93. The Morgan fingerprint density at radius 2 is 1.92 bits per heavy atom. The fourth-order valence-corrected chi connectivity index (χ4v) is 2.87. The normalized spacial score (nSPS) is 11.0. The molecule has 2 heterocycles. The van der Waals surface area contributed by atoms with Crippen molar-refractivity contribution < 1.29 is 9.47 Å². The zero-order valence-electron chi connectivity index (χ0n) is 14.1. The zero-order chi connectivity index (χ0) is 17.8. The van der Waals surface area contributed by atoms with E-state index in [1.807, 2.05) is 24.3 Å². The highest BCUT2D eigenvalue weighted by molar-refractivity contribution is 5.93. The zero-order valence-corrected chi connectivity index (χ0v) is 14.1. The second-order valence-electron chi connectivity index (χ2n) is 5.51. The summed E-state index contributed by atoms with van der Waals surface area (Å²) in [6, 6.07) is 9.17. The quantitative estimate of drug-likeness (QED) is 0.691. The topological polar surface area (TPSA) is 86.2 Å². The number of ether oxygens (including phenoxy) is 2. The van der Waals surface area contributed by atoms with Crippen LogP contribution in [0.5, 0.6) is 5.75 Å². The molecule has 0 amide bonds. The number of para-hydroxylation sites is 1. The summed E-state index contributed by atoms with van der Waals surface area (Å²) in [5.74, 6) is 0.645. The van der Waals surface area contributed by atoms with Crippen LogP contribution in [-0.2, 0) is 11.3 Å². The van der Waals surface area contributed by atoms with Gasteiger partial charge < -0.3 is 9.47 Å². The molecule has 25 heavy (non-hydrogen) atoms. The molecule has 3 rings (SSSR count). The number of hydrogen-bond acceptors (Lipinski definition) is 5. The van der Waals surface area contributed by atoms with Gasteiger partial charge in [-0.1, -0.05) is 18.2 Å². The summed E-state index contributed by atoms with van der Waals surface area (Å²) in [5.41, 5.74) is 0.859. The summed E-state index contributed by atoms with van der Waals surface area (Å²) in [4.78, 5) is 31.4. The number of benzene rings is 1. The van der Waals surface area contributed by atoms with E-state index in [4.69, 9.17) is 9.47 Å². The first-order valence-corrected chi connectivity index (χ1v) is 7.91. The second kappa shape index (κ2) is 7.31. The van der Waals surface area contributed by atoms with Crippen LogP contribution in [0.2, 0.25) is 0 Å². The lowest BCUT2D eigenvalue weighted by atomic mass is 10.0. The smallest absolute Gasteiger partial charge is 0.329 e. The minimum atomic E-state index is -0.474. The molecule has 2 aromatic heterocycles. The van der Waals surface area contributed by atoms with Crippen molar-refractivity contribution in [3.63, 3.8) is 0 Å². The Morgan fingerprint density at radius 3 is 2.68 bits per heavy atom. The van der Waals surface area contributed by atoms with Gasteiger partial charge in [-0.3, -0.25) is 14.3 Å². The predicted molar refractivity (Wildman–Crippen MR) is 95.1 cm³/mol. The first-order valence-electron chi connectivity index (χ1n) is 7.91. The van der Waals surface area contributed by atoms with Crippen molar-refractivity contribution in [1.29, 1.82) is 0 Å². The van der Waals surface area contributed by atoms with E-state index in [1.54, 1.807) is 26.5 Å². The fourth-order valence-electron chi connectivity index (χ4n) is 2.87. The molecule has 0 saturated heterocycles. The molecule has 7 nitrogen and oxygen atoms in total. The number of fused-ring (bicyclic) bond motifs is 1. The Balaban J connectivity index is 2.27. The summed E-state index contributed by atoms with van der Waals surface area (Å²) < 4.78 is 11.9. The minimum Gasteiger partial charge on any atom is -0.496 e. The molecule has 0 spiro atoms. The summed E-state index contributed by atoms with van der Waals surface area (Å²) in [6.45, 7) is 0.918. The number of aromatic amines is 1. The third kappa shape index (κ3) is 3.18. The lowest BCUT2D eigenvalue weighted by molar-refractivity contribution is 0.190. The van der Waals surface area contributed by atoms with Gasteiger partial charge in [-0.2, -0.15) is 0 Å². The van der Waals surface area contributed by atoms with Crippen molar-refractivity contribution in [2.45, 2.75) is 13.0 Å². The van der Waals surface area contributed by atoms with Crippen LogP contribution in [0, 0.1) is 0 Å². The molecule has 0 bridgehead atoms. The van der Waals surface area contributed by atoms with Crippen molar-refractivity contribution in [3.8, 4) is 16.9 Å². The van der Waals surface area contributed by atoms with Crippen LogP contribution >= 0.6 is 0 Å². The fraction of sp³-hybridized carbons (Fsp3) is 0.278. The molecule has 0 aliphatic rings. The molecule has 0 atom stereocenters. The van der Waals surface area contributed by atoms with E-state index in [0.29, 0.717) is 41.9 Å². The van der Waals surface area contributed by atoms with Gasteiger partial charge in [-0.15, -0.1) is 0 Å². The maximum atomic E-state index is 12.5. The van der Waals surface area contributed by atoms with Gasteiger partial charge in [0.1, 0.15) is 11.4 Å². The third-order valence-electron chi connectivity index (χ3n) is 4.01. The summed E-state index contributed by atoms with van der Waals surface area (Å²) in [7, 11) is 3.18. The second-order valence-corrected chi connectivity index (χ2v) is 5.51. The van der Waals surface area contributed by atoms with Gasteiger partial charge in [0.05, 0.1) is 12.5 Å². The van der Waals surface area contributed by atoms with E-state index in [0.717, 1.165) is 5.56 Å².